The Kier molecular flexibility index (Phi) is 6.22. The lowest BCUT2D eigenvalue weighted by Crippen LogP contribution is -1.99. The number of alkyl halides is 1. The lowest BCUT2D eigenvalue weighted by Gasteiger charge is -2.08. The Bertz CT molecular complexity index is 52.5. The van der Waals surface area contributed by atoms with E-state index in [0.29, 0.717) is 0 Å². The maximum Gasteiger partial charge on any atom is 0.0464 e. The molecular formula is C6H11I2. The van der Waals surface area contributed by atoms with Gasteiger partial charge in [-0.05, 0) is 13.3 Å². The van der Waals surface area contributed by atoms with Crippen molar-refractivity contribution in [1.29, 1.82) is 0 Å². The van der Waals surface area contributed by atoms with Gasteiger partial charge in [-0.2, -0.15) is 0 Å². The predicted molar refractivity (Wildman–Crippen MR) is 55.7 cm³/mol. The molecular weight excluding hydrogens is 326 g/mol. The summed E-state index contributed by atoms with van der Waals surface area (Å²) in [6.45, 7) is 4.42. The minimum absolute atomic E-state index is 0.790. The first-order valence-corrected chi connectivity index (χ1v) is 5.14. The van der Waals surface area contributed by atoms with E-state index in [-0.39, 0.29) is 0 Å². The van der Waals surface area contributed by atoms with Gasteiger partial charge in [-0.1, -0.05) is 58.5 Å². The molecule has 0 aliphatic heterocycles. The third kappa shape index (κ3) is 4.35. The zero-order valence-electron chi connectivity index (χ0n) is 5.25. The number of hydrogen-bond donors (Lipinski definition) is 0. The van der Waals surface area contributed by atoms with E-state index in [1.807, 2.05) is 0 Å². The first kappa shape index (κ1) is 9.46. The van der Waals surface area contributed by atoms with Crippen molar-refractivity contribution in [3.05, 3.63) is 3.92 Å². The van der Waals surface area contributed by atoms with Crippen molar-refractivity contribution in [2.24, 2.45) is 0 Å². The van der Waals surface area contributed by atoms with E-state index in [1.54, 1.807) is 0 Å². The van der Waals surface area contributed by atoms with Crippen LogP contribution in [-0.2, 0) is 0 Å². The third-order valence-corrected chi connectivity index (χ3v) is 4.47. The average Bonchev–Trinajstić information content (AvgIpc) is 1.67. The summed E-state index contributed by atoms with van der Waals surface area (Å²) in [5.41, 5.74) is 0. The van der Waals surface area contributed by atoms with Gasteiger partial charge in [-0.3, -0.25) is 0 Å². The highest BCUT2D eigenvalue weighted by Crippen LogP contribution is 2.25. The summed E-state index contributed by atoms with van der Waals surface area (Å²) < 4.78 is 2.31. The summed E-state index contributed by atoms with van der Waals surface area (Å²) in [4.78, 5) is 0. The van der Waals surface area contributed by atoms with Crippen molar-refractivity contribution in [2.75, 3.05) is 0 Å². The van der Waals surface area contributed by atoms with E-state index in [4.69, 9.17) is 0 Å². The molecule has 0 N–H and O–H groups in total. The van der Waals surface area contributed by atoms with Gasteiger partial charge in [0.05, 0.1) is 0 Å². The lowest BCUT2D eigenvalue weighted by atomic mass is 10.2. The van der Waals surface area contributed by atoms with Gasteiger partial charge in [0, 0.05) is 7.85 Å². The van der Waals surface area contributed by atoms with E-state index in [0.717, 1.165) is 3.92 Å². The van der Waals surface area contributed by atoms with Crippen molar-refractivity contribution >= 4 is 45.2 Å². The van der Waals surface area contributed by atoms with Crippen LogP contribution >= 0.6 is 45.2 Å². The van der Waals surface area contributed by atoms with Gasteiger partial charge in [0.2, 0.25) is 0 Å². The summed E-state index contributed by atoms with van der Waals surface area (Å²) >= 11 is 4.89. The Balaban J connectivity index is 3.17. The molecule has 0 amide bonds. The van der Waals surface area contributed by atoms with Gasteiger partial charge in [0.15, 0.2) is 0 Å². The molecule has 0 bridgehead atoms. The topological polar surface area (TPSA) is 0 Å². The average molecular weight is 337 g/mol. The van der Waals surface area contributed by atoms with Crippen LogP contribution in [0.25, 0.3) is 0 Å². The molecule has 0 aromatic heterocycles. The summed E-state index contributed by atoms with van der Waals surface area (Å²) in [7, 11) is 0. The fraction of sp³-hybridized carbons (Fsp3) is 0.833. The normalized spacial score (nSPS) is 14.6. The van der Waals surface area contributed by atoms with Crippen LogP contribution in [0.2, 0.25) is 0 Å². The number of rotatable bonds is 3. The fourth-order valence-electron chi connectivity index (χ4n) is 0.452. The van der Waals surface area contributed by atoms with Crippen LogP contribution < -0.4 is 0 Å². The number of hydrogen-bond acceptors (Lipinski definition) is 0. The number of halogens is 2. The molecule has 49 valence electrons. The Labute approximate surface area is 79.1 Å². The summed E-state index contributed by atoms with van der Waals surface area (Å²) in [5.74, 6) is 0. The Hall–Kier alpha value is 1.46. The van der Waals surface area contributed by atoms with Crippen LogP contribution in [0.15, 0.2) is 0 Å². The maximum absolute atomic E-state index is 2.49. The van der Waals surface area contributed by atoms with Crippen LogP contribution in [0.1, 0.15) is 26.7 Å². The van der Waals surface area contributed by atoms with Crippen molar-refractivity contribution in [2.45, 2.75) is 30.6 Å². The Morgan fingerprint density at radius 3 is 2.25 bits per heavy atom. The smallest absolute Gasteiger partial charge is 0.0464 e. The monoisotopic (exact) mass is 337 g/mol. The summed E-state index contributed by atoms with van der Waals surface area (Å²) in [5, 5.41) is 0. The molecule has 0 spiro atoms. The van der Waals surface area contributed by atoms with Gasteiger partial charge in [-0.15, -0.1) is 0 Å². The minimum atomic E-state index is 0.790. The highest BCUT2D eigenvalue weighted by atomic mass is 127. The summed E-state index contributed by atoms with van der Waals surface area (Å²) in [6, 6.07) is 0. The molecule has 0 aliphatic rings. The third-order valence-electron chi connectivity index (χ3n) is 0.974. The fourth-order valence-corrected chi connectivity index (χ4v) is 1.39. The van der Waals surface area contributed by atoms with Crippen LogP contribution in [-0.4, -0.2) is 3.92 Å². The Morgan fingerprint density at radius 2 is 2.12 bits per heavy atom. The standard InChI is InChI=1S/C6H11I2/c1-3-4-6(8)5(2)7/h6H,3-4H2,1-2H3. The van der Waals surface area contributed by atoms with E-state index in [2.05, 4.69) is 59.0 Å². The second-order valence-electron chi connectivity index (χ2n) is 1.84. The van der Waals surface area contributed by atoms with Crippen LogP contribution in [0.5, 0.6) is 0 Å². The van der Waals surface area contributed by atoms with E-state index < -0.39 is 0 Å². The highest BCUT2D eigenvalue weighted by molar-refractivity contribution is 14.1. The highest BCUT2D eigenvalue weighted by Gasteiger charge is 2.08. The molecule has 0 nitrogen and oxygen atoms in total. The largest absolute Gasteiger partial charge is 0.0811 e. The molecule has 1 atom stereocenters. The van der Waals surface area contributed by atoms with Crippen molar-refractivity contribution in [3.8, 4) is 0 Å². The second kappa shape index (κ2) is 5.26. The minimum Gasteiger partial charge on any atom is -0.0811 e. The van der Waals surface area contributed by atoms with E-state index in [9.17, 15) is 0 Å². The van der Waals surface area contributed by atoms with Gasteiger partial charge < -0.3 is 0 Å². The van der Waals surface area contributed by atoms with Crippen molar-refractivity contribution in [1.82, 2.24) is 0 Å². The van der Waals surface area contributed by atoms with Crippen molar-refractivity contribution < 1.29 is 0 Å². The van der Waals surface area contributed by atoms with Gasteiger partial charge in [0.25, 0.3) is 0 Å². The molecule has 1 unspecified atom stereocenters. The second-order valence-corrected chi connectivity index (χ2v) is 5.05. The molecule has 0 heterocycles. The van der Waals surface area contributed by atoms with E-state index >= 15 is 0 Å². The van der Waals surface area contributed by atoms with Crippen molar-refractivity contribution in [3.63, 3.8) is 0 Å². The molecule has 0 saturated carbocycles. The van der Waals surface area contributed by atoms with Crippen LogP contribution in [0.3, 0.4) is 0 Å². The maximum atomic E-state index is 2.49. The molecule has 2 heteroatoms. The first-order valence-electron chi connectivity index (χ1n) is 2.81. The van der Waals surface area contributed by atoms with Crippen LogP contribution in [0, 0.1) is 3.92 Å². The molecule has 0 aromatic carbocycles. The zero-order chi connectivity index (χ0) is 6.57. The van der Waals surface area contributed by atoms with Gasteiger partial charge in [-0.25, -0.2) is 0 Å². The van der Waals surface area contributed by atoms with Crippen LogP contribution in [0.4, 0.5) is 0 Å². The molecule has 0 fully saturated rings. The lowest BCUT2D eigenvalue weighted by molar-refractivity contribution is 0.812. The summed E-state index contributed by atoms with van der Waals surface area (Å²) in [6.07, 6.45) is 2.63. The Morgan fingerprint density at radius 1 is 1.62 bits per heavy atom. The molecule has 1 radical (unpaired) electrons. The van der Waals surface area contributed by atoms with E-state index in [1.165, 1.54) is 16.8 Å². The predicted octanol–water partition coefficient (Wildman–Crippen LogP) is 3.58. The molecule has 0 aromatic rings. The molecule has 0 aliphatic carbocycles. The molecule has 0 saturated heterocycles. The molecule has 0 rings (SSSR count). The zero-order valence-corrected chi connectivity index (χ0v) is 9.56. The molecule has 8 heavy (non-hydrogen) atoms. The van der Waals surface area contributed by atoms with Gasteiger partial charge in [0.1, 0.15) is 0 Å². The first-order chi connectivity index (χ1) is 3.68. The quantitative estimate of drug-likeness (QED) is 0.546. The van der Waals surface area contributed by atoms with Gasteiger partial charge >= 0.3 is 0 Å². The SMILES string of the molecule is CCCC(I)[C](C)I.